The summed E-state index contributed by atoms with van der Waals surface area (Å²) in [6.07, 6.45) is 0. The zero-order valence-corrected chi connectivity index (χ0v) is 17.8. The predicted molar refractivity (Wildman–Crippen MR) is 112 cm³/mol. The molecule has 0 unspecified atom stereocenters. The molecular formula is C19H16BrNO4S2. The minimum absolute atomic E-state index is 0.172. The van der Waals surface area contributed by atoms with Gasteiger partial charge in [0.15, 0.2) is 6.61 Å². The van der Waals surface area contributed by atoms with Crippen molar-refractivity contribution in [2.24, 2.45) is 0 Å². The van der Waals surface area contributed by atoms with Crippen molar-refractivity contribution in [1.29, 1.82) is 0 Å². The number of benzene rings is 1. The summed E-state index contributed by atoms with van der Waals surface area (Å²) < 4.78 is 11.2. The Balaban J connectivity index is 1.75. The second-order valence-electron chi connectivity index (χ2n) is 5.59. The van der Waals surface area contributed by atoms with Crippen LogP contribution in [-0.2, 0) is 9.53 Å². The molecule has 0 aliphatic heterocycles. The molecule has 0 fully saturated rings. The fraction of sp³-hybridized carbons (Fsp3) is 0.158. The summed E-state index contributed by atoms with van der Waals surface area (Å²) in [7, 11) is 1.32. The first-order valence-electron chi connectivity index (χ1n) is 7.92. The molecule has 1 amide bonds. The normalized spacial score (nSPS) is 10.5. The Morgan fingerprint density at radius 1 is 1.22 bits per heavy atom. The highest BCUT2D eigenvalue weighted by Crippen LogP contribution is 2.38. The lowest BCUT2D eigenvalue weighted by Crippen LogP contribution is -2.21. The molecule has 1 N–H and O–H groups in total. The van der Waals surface area contributed by atoms with Gasteiger partial charge in [-0.15, -0.1) is 22.7 Å². The maximum absolute atomic E-state index is 12.3. The fourth-order valence-electron chi connectivity index (χ4n) is 2.40. The number of hydrogen-bond acceptors (Lipinski definition) is 6. The summed E-state index contributed by atoms with van der Waals surface area (Å²) in [6.45, 7) is 1.80. The van der Waals surface area contributed by atoms with Crippen molar-refractivity contribution in [1.82, 2.24) is 0 Å². The van der Waals surface area contributed by atoms with Crippen molar-refractivity contribution in [2.75, 3.05) is 19.0 Å². The number of rotatable bonds is 6. The molecule has 0 saturated carbocycles. The topological polar surface area (TPSA) is 64.6 Å². The van der Waals surface area contributed by atoms with E-state index in [0.717, 1.165) is 20.5 Å². The fourth-order valence-corrected chi connectivity index (χ4v) is 4.79. The van der Waals surface area contributed by atoms with Crippen LogP contribution in [-0.4, -0.2) is 25.6 Å². The van der Waals surface area contributed by atoms with E-state index >= 15 is 0 Å². The molecule has 0 aliphatic carbocycles. The van der Waals surface area contributed by atoms with Crippen LogP contribution in [0, 0.1) is 6.92 Å². The van der Waals surface area contributed by atoms with E-state index in [4.69, 9.17) is 9.47 Å². The number of ether oxygens (including phenoxy) is 2. The maximum Gasteiger partial charge on any atom is 0.341 e. The lowest BCUT2D eigenvalue weighted by atomic mass is 10.1. The van der Waals surface area contributed by atoms with Gasteiger partial charge in [0.25, 0.3) is 5.91 Å². The summed E-state index contributed by atoms with van der Waals surface area (Å²) in [5.41, 5.74) is 2.19. The number of thiophene rings is 2. The third kappa shape index (κ3) is 4.58. The number of aryl methyl sites for hydroxylation is 1. The van der Waals surface area contributed by atoms with Gasteiger partial charge in [-0.05, 0) is 52.0 Å². The van der Waals surface area contributed by atoms with Gasteiger partial charge in [-0.25, -0.2) is 4.79 Å². The van der Waals surface area contributed by atoms with Crippen LogP contribution < -0.4 is 10.1 Å². The van der Waals surface area contributed by atoms with Crippen molar-refractivity contribution >= 4 is 55.5 Å². The Hall–Kier alpha value is -2.16. The average molecular weight is 466 g/mol. The van der Waals surface area contributed by atoms with E-state index in [2.05, 4.69) is 21.2 Å². The molecule has 0 aliphatic rings. The number of carbonyl (C=O) groups excluding carboxylic acids is 2. The van der Waals surface area contributed by atoms with Gasteiger partial charge in [0.1, 0.15) is 16.3 Å². The van der Waals surface area contributed by atoms with Gasteiger partial charge < -0.3 is 14.8 Å². The highest BCUT2D eigenvalue weighted by molar-refractivity contribution is 9.10. The Labute approximate surface area is 173 Å². The van der Waals surface area contributed by atoms with Crippen LogP contribution in [0.5, 0.6) is 5.75 Å². The van der Waals surface area contributed by atoms with Crippen LogP contribution in [0.3, 0.4) is 0 Å². The molecule has 0 saturated heterocycles. The van der Waals surface area contributed by atoms with E-state index in [0.29, 0.717) is 16.3 Å². The Morgan fingerprint density at radius 2 is 2.04 bits per heavy atom. The summed E-state index contributed by atoms with van der Waals surface area (Å²) in [5, 5.41) is 6.97. The summed E-state index contributed by atoms with van der Waals surface area (Å²) in [4.78, 5) is 25.5. The first-order valence-corrected chi connectivity index (χ1v) is 10.5. The minimum atomic E-state index is -0.489. The molecule has 27 heavy (non-hydrogen) atoms. The molecule has 5 nitrogen and oxygen atoms in total. The molecule has 8 heteroatoms. The van der Waals surface area contributed by atoms with Crippen LogP contribution in [0.1, 0.15) is 15.9 Å². The molecule has 0 atom stereocenters. The van der Waals surface area contributed by atoms with E-state index in [1.807, 2.05) is 41.9 Å². The second kappa shape index (κ2) is 8.69. The van der Waals surface area contributed by atoms with Gasteiger partial charge in [-0.3, -0.25) is 4.79 Å². The minimum Gasteiger partial charge on any atom is -0.483 e. The molecule has 0 spiro atoms. The third-order valence-electron chi connectivity index (χ3n) is 3.67. The number of anilines is 1. The van der Waals surface area contributed by atoms with Crippen molar-refractivity contribution in [3.8, 4) is 16.2 Å². The SMILES string of the molecule is COC(=O)c1c(-c2cccs2)csc1NC(=O)COc1ccc(C)cc1Br. The van der Waals surface area contributed by atoms with Gasteiger partial charge in [0.2, 0.25) is 0 Å². The number of esters is 1. The third-order valence-corrected chi connectivity index (χ3v) is 6.08. The zero-order valence-electron chi connectivity index (χ0n) is 14.6. The molecule has 140 valence electrons. The van der Waals surface area contributed by atoms with Crippen LogP contribution in [0.15, 0.2) is 45.6 Å². The number of nitrogens with one attached hydrogen (secondary N) is 1. The van der Waals surface area contributed by atoms with E-state index < -0.39 is 5.97 Å². The Bertz CT molecular complexity index is 966. The number of methoxy groups -OCH3 is 1. The molecule has 1 aromatic carbocycles. The smallest absolute Gasteiger partial charge is 0.341 e. The summed E-state index contributed by atoms with van der Waals surface area (Å²) in [5.74, 6) is -0.265. The predicted octanol–water partition coefficient (Wildman–Crippen LogP) is 5.35. The lowest BCUT2D eigenvalue weighted by molar-refractivity contribution is -0.118. The largest absolute Gasteiger partial charge is 0.483 e. The Kier molecular flexibility index (Phi) is 6.30. The number of halogens is 1. The summed E-state index contributed by atoms with van der Waals surface area (Å²) in [6, 6.07) is 9.44. The summed E-state index contributed by atoms with van der Waals surface area (Å²) >= 11 is 6.21. The molecule has 2 aromatic heterocycles. The molecule has 0 radical (unpaired) electrons. The van der Waals surface area contributed by atoms with Crippen LogP contribution in [0.2, 0.25) is 0 Å². The van der Waals surface area contributed by atoms with E-state index in [9.17, 15) is 9.59 Å². The highest BCUT2D eigenvalue weighted by Gasteiger charge is 2.23. The monoisotopic (exact) mass is 465 g/mol. The van der Waals surface area contributed by atoms with Crippen molar-refractivity contribution in [3.63, 3.8) is 0 Å². The van der Waals surface area contributed by atoms with Crippen LogP contribution in [0.4, 0.5) is 5.00 Å². The molecule has 2 heterocycles. The number of hydrogen-bond donors (Lipinski definition) is 1. The second-order valence-corrected chi connectivity index (χ2v) is 8.27. The molecular weight excluding hydrogens is 450 g/mol. The van der Waals surface area contributed by atoms with Gasteiger partial charge >= 0.3 is 5.97 Å². The number of carbonyl (C=O) groups is 2. The van der Waals surface area contributed by atoms with Gasteiger partial charge in [0, 0.05) is 15.8 Å². The zero-order chi connectivity index (χ0) is 19.4. The maximum atomic E-state index is 12.3. The van der Waals surface area contributed by atoms with Crippen LogP contribution in [0.25, 0.3) is 10.4 Å². The quantitative estimate of drug-likeness (QED) is 0.498. The van der Waals surface area contributed by atoms with E-state index in [-0.39, 0.29) is 12.5 Å². The standard InChI is InChI=1S/C19H16BrNO4S2/c1-11-5-6-14(13(20)8-11)25-9-16(22)21-18-17(19(23)24-2)12(10-27-18)15-4-3-7-26-15/h3-8,10H,9H2,1-2H3,(H,21,22). The molecule has 0 bridgehead atoms. The highest BCUT2D eigenvalue weighted by atomic mass is 79.9. The number of amides is 1. The van der Waals surface area contributed by atoms with Crippen molar-refractivity contribution < 1.29 is 19.1 Å². The van der Waals surface area contributed by atoms with Crippen LogP contribution >= 0.6 is 38.6 Å². The molecule has 3 rings (SSSR count). The van der Waals surface area contributed by atoms with Gasteiger partial charge in [0.05, 0.1) is 11.6 Å². The Morgan fingerprint density at radius 3 is 2.70 bits per heavy atom. The average Bonchev–Trinajstić information content (AvgIpc) is 3.30. The van der Waals surface area contributed by atoms with E-state index in [1.165, 1.54) is 29.8 Å². The molecule has 3 aromatic rings. The first kappa shape index (κ1) is 19.6. The van der Waals surface area contributed by atoms with Gasteiger partial charge in [-0.2, -0.15) is 0 Å². The first-order chi connectivity index (χ1) is 13.0. The van der Waals surface area contributed by atoms with E-state index in [1.54, 1.807) is 6.07 Å². The van der Waals surface area contributed by atoms with Crippen molar-refractivity contribution in [3.05, 3.63) is 56.7 Å². The van der Waals surface area contributed by atoms with Crippen molar-refractivity contribution in [2.45, 2.75) is 6.92 Å². The van der Waals surface area contributed by atoms with Gasteiger partial charge in [-0.1, -0.05) is 12.1 Å². The lowest BCUT2D eigenvalue weighted by Gasteiger charge is -2.10.